The van der Waals surface area contributed by atoms with Crippen molar-refractivity contribution in [3.05, 3.63) is 31.9 Å². The van der Waals surface area contributed by atoms with Gasteiger partial charge in [0.15, 0.2) is 5.69 Å². The Morgan fingerprint density at radius 1 is 0.920 bits per heavy atom. The molecule has 0 aliphatic carbocycles. The van der Waals surface area contributed by atoms with Crippen LogP contribution in [-0.4, -0.2) is 47.1 Å². The largest absolute Gasteiger partial charge is 0.478 e. The molecule has 2 heterocycles. The normalized spacial score (nSPS) is 17.1. The number of anilines is 2. The highest BCUT2D eigenvalue weighted by molar-refractivity contribution is 6.02. The van der Waals surface area contributed by atoms with E-state index in [1.54, 1.807) is 9.80 Å². The Balaban J connectivity index is 2.34. The van der Waals surface area contributed by atoms with Gasteiger partial charge in [0.05, 0.1) is 15.4 Å². The molecule has 2 fully saturated rings. The Morgan fingerprint density at radius 3 is 1.80 bits per heavy atom. The second-order valence-electron chi connectivity index (χ2n) is 6.20. The summed E-state index contributed by atoms with van der Waals surface area (Å²) in [6.07, 6.45) is 3.17. The molecule has 0 bridgehead atoms. The number of hydrogen-bond donors (Lipinski definition) is 1. The first-order valence-electron chi connectivity index (χ1n) is 8.14. The SMILES string of the molecule is O=C(O)c1cc([N+](=O)[O-])c(N2CCCC2)c([N+](=O)[O-])c1N1CCCC1. The number of rotatable bonds is 5. The van der Waals surface area contributed by atoms with E-state index in [4.69, 9.17) is 0 Å². The Kier molecular flexibility index (Phi) is 4.43. The van der Waals surface area contributed by atoms with Crippen molar-refractivity contribution >= 4 is 28.7 Å². The Labute approximate surface area is 142 Å². The van der Waals surface area contributed by atoms with Gasteiger partial charge in [-0.3, -0.25) is 20.2 Å². The van der Waals surface area contributed by atoms with Crippen LogP contribution in [0.1, 0.15) is 36.0 Å². The fraction of sp³-hybridized carbons (Fsp3) is 0.533. The standard InChI is InChI=1S/C15H18N4O6/c20-15(21)10-9-11(18(22)23)13(17-7-3-4-8-17)14(19(24)25)12(10)16-5-1-2-6-16/h9H,1-8H2,(H,20,21). The molecule has 0 unspecified atom stereocenters. The maximum absolute atomic E-state index is 11.8. The first-order valence-corrected chi connectivity index (χ1v) is 8.14. The van der Waals surface area contributed by atoms with E-state index in [0.29, 0.717) is 26.2 Å². The number of carboxylic acid groups (broad SMARTS) is 1. The number of aromatic carboxylic acids is 1. The Hall–Kier alpha value is -2.91. The zero-order valence-corrected chi connectivity index (χ0v) is 13.5. The van der Waals surface area contributed by atoms with E-state index < -0.39 is 27.2 Å². The van der Waals surface area contributed by atoms with Gasteiger partial charge in [0.25, 0.3) is 0 Å². The van der Waals surface area contributed by atoms with Gasteiger partial charge >= 0.3 is 17.3 Å². The van der Waals surface area contributed by atoms with Gasteiger partial charge in [0, 0.05) is 32.2 Å². The van der Waals surface area contributed by atoms with Crippen molar-refractivity contribution in [3.8, 4) is 0 Å². The molecule has 134 valence electrons. The van der Waals surface area contributed by atoms with Crippen LogP contribution in [0.4, 0.5) is 22.7 Å². The van der Waals surface area contributed by atoms with Crippen LogP contribution in [0.5, 0.6) is 0 Å². The van der Waals surface area contributed by atoms with Crippen molar-refractivity contribution in [1.29, 1.82) is 0 Å². The van der Waals surface area contributed by atoms with Gasteiger partial charge in [-0.2, -0.15) is 0 Å². The highest BCUT2D eigenvalue weighted by atomic mass is 16.6. The fourth-order valence-electron chi connectivity index (χ4n) is 3.62. The van der Waals surface area contributed by atoms with Gasteiger partial charge < -0.3 is 14.9 Å². The smallest absolute Gasteiger partial charge is 0.338 e. The van der Waals surface area contributed by atoms with E-state index in [-0.39, 0.29) is 16.9 Å². The molecule has 0 atom stereocenters. The number of hydrogen-bond acceptors (Lipinski definition) is 7. The predicted molar refractivity (Wildman–Crippen MR) is 89.6 cm³/mol. The molecule has 2 aliphatic heterocycles. The van der Waals surface area contributed by atoms with E-state index in [2.05, 4.69) is 0 Å². The zero-order chi connectivity index (χ0) is 18.1. The second-order valence-corrected chi connectivity index (χ2v) is 6.20. The number of nitro groups is 2. The fourth-order valence-corrected chi connectivity index (χ4v) is 3.62. The number of carboxylic acids is 1. The molecule has 1 aromatic rings. The van der Waals surface area contributed by atoms with Crippen molar-refractivity contribution in [1.82, 2.24) is 0 Å². The quantitative estimate of drug-likeness (QED) is 0.633. The van der Waals surface area contributed by atoms with Crippen molar-refractivity contribution in [2.24, 2.45) is 0 Å². The lowest BCUT2D eigenvalue weighted by atomic mass is 10.1. The third kappa shape index (κ3) is 2.94. The minimum atomic E-state index is -1.40. The first kappa shape index (κ1) is 16.9. The Morgan fingerprint density at radius 2 is 1.40 bits per heavy atom. The summed E-state index contributed by atoms with van der Waals surface area (Å²) in [5.74, 6) is -1.40. The molecular weight excluding hydrogens is 332 g/mol. The zero-order valence-electron chi connectivity index (χ0n) is 13.5. The highest BCUT2D eigenvalue weighted by Gasteiger charge is 2.40. The highest BCUT2D eigenvalue weighted by Crippen LogP contribution is 2.48. The van der Waals surface area contributed by atoms with Crippen LogP contribution in [-0.2, 0) is 0 Å². The lowest BCUT2D eigenvalue weighted by Gasteiger charge is -2.24. The number of carbonyl (C=O) groups is 1. The average molecular weight is 350 g/mol. The molecule has 0 spiro atoms. The molecule has 0 amide bonds. The minimum absolute atomic E-state index is 0.0116. The van der Waals surface area contributed by atoms with Crippen LogP contribution < -0.4 is 9.80 Å². The predicted octanol–water partition coefficient (Wildman–Crippen LogP) is 2.40. The monoisotopic (exact) mass is 350 g/mol. The topological polar surface area (TPSA) is 130 Å². The van der Waals surface area contributed by atoms with E-state index in [0.717, 1.165) is 31.7 Å². The molecule has 2 aliphatic rings. The van der Waals surface area contributed by atoms with Crippen molar-refractivity contribution in [2.45, 2.75) is 25.7 Å². The second kappa shape index (κ2) is 6.54. The maximum atomic E-state index is 11.8. The van der Waals surface area contributed by atoms with Crippen LogP contribution in [0, 0.1) is 20.2 Å². The van der Waals surface area contributed by atoms with Gasteiger partial charge in [-0.05, 0) is 25.7 Å². The van der Waals surface area contributed by atoms with Gasteiger partial charge in [-0.15, -0.1) is 0 Å². The molecular formula is C15H18N4O6. The summed E-state index contributed by atoms with van der Waals surface area (Å²) in [5.41, 5.74) is -1.45. The van der Waals surface area contributed by atoms with Crippen molar-refractivity contribution in [3.63, 3.8) is 0 Å². The first-order chi connectivity index (χ1) is 11.9. The number of nitro benzene ring substituents is 2. The minimum Gasteiger partial charge on any atom is -0.478 e. The molecule has 1 N–H and O–H groups in total. The summed E-state index contributed by atoms with van der Waals surface area (Å²) < 4.78 is 0. The maximum Gasteiger partial charge on any atom is 0.338 e. The third-order valence-electron chi connectivity index (χ3n) is 4.68. The molecule has 3 rings (SSSR count). The summed E-state index contributed by atoms with van der Waals surface area (Å²) in [5, 5.41) is 32.9. The van der Waals surface area contributed by atoms with Crippen molar-refractivity contribution < 1.29 is 19.7 Å². The van der Waals surface area contributed by atoms with Crippen LogP contribution in [0.2, 0.25) is 0 Å². The van der Waals surface area contributed by atoms with Crippen LogP contribution in [0.25, 0.3) is 0 Å². The lowest BCUT2D eigenvalue weighted by Crippen LogP contribution is -2.26. The molecule has 0 aromatic heterocycles. The lowest BCUT2D eigenvalue weighted by molar-refractivity contribution is -0.392. The molecule has 0 radical (unpaired) electrons. The molecule has 1 aromatic carbocycles. The summed E-state index contributed by atoms with van der Waals surface area (Å²) in [7, 11) is 0. The average Bonchev–Trinajstić information content (AvgIpc) is 3.25. The van der Waals surface area contributed by atoms with E-state index >= 15 is 0 Å². The van der Waals surface area contributed by atoms with Crippen LogP contribution in [0.15, 0.2) is 6.07 Å². The Bertz CT molecular complexity index is 686. The van der Waals surface area contributed by atoms with Crippen LogP contribution in [0.3, 0.4) is 0 Å². The number of nitrogens with zero attached hydrogens (tertiary/aromatic N) is 4. The summed E-state index contributed by atoms with van der Waals surface area (Å²) in [6.45, 7) is 1.96. The molecule has 25 heavy (non-hydrogen) atoms. The van der Waals surface area contributed by atoms with Gasteiger partial charge in [0.1, 0.15) is 5.69 Å². The summed E-state index contributed by atoms with van der Waals surface area (Å²) in [4.78, 5) is 36.9. The van der Waals surface area contributed by atoms with E-state index in [9.17, 15) is 30.1 Å². The van der Waals surface area contributed by atoms with Crippen LogP contribution >= 0.6 is 0 Å². The molecule has 10 heteroatoms. The van der Waals surface area contributed by atoms with Gasteiger partial charge in [-0.25, -0.2) is 4.79 Å². The van der Waals surface area contributed by atoms with E-state index in [1.807, 2.05) is 0 Å². The van der Waals surface area contributed by atoms with E-state index in [1.165, 1.54) is 0 Å². The number of benzene rings is 1. The van der Waals surface area contributed by atoms with Gasteiger partial charge in [-0.1, -0.05) is 0 Å². The summed E-state index contributed by atoms with van der Waals surface area (Å²) in [6, 6.07) is 0.969. The summed E-state index contributed by atoms with van der Waals surface area (Å²) >= 11 is 0. The molecule has 0 saturated carbocycles. The molecule has 10 nitrogen and oxygen atoms in total. The molecule has 2 saturated heterocycles. The third-order valence-corrected chi connectivity index (χ3v) is 4.68. The van der Waals surface area contributed by atoms with Gasteiger partial charge in [0.2, 0.25) is 0 Å². The van der Waals surface area contributed by atoms with Crippen molar-refractivity contribution in [2.75, 3.05) is 36.0 Å².